The van der Waals surface area contributed by atoms with Crippen LogP contribution in [-0.2, 0) is 6.42 Å². The molecule has 1 rings (SSSR count). The van der Waals surface area contributed by atoms with Crippen LogP contribution in [0.25, 0.3) is 0 Å². The zero-order valence-corrected chi connectivity index (χ0v) is 10.2. The number of hydrogen-bond acceptors (Lipinski definition) is 3. The predicted molar refractivity (Wildman–Crippen MR) is 62.7 cm³/mol. The first-order chi connectivity index (χ1) is 7.58. The molecule has 0 spiro atoms. The third-order valence-corrected chi connectivity index (χ3v) is 2.43. The first kappa shape index (κ1) is 12.9. The van der Waals surface area contributed by atoms with Crippen LogP contribution in [0.2, 0.25) is 5.15 Å². The first-order valence-corrected chi connectivity index (χ1v) is 5.49. The zero-order valence-electron chi connectivity index (χ0n) is 9.40. The zero-order chi connectivity index (χ0) is 12.1. The van der Waals surface area contributed by atoms with Gasteiger partial charge in [0.15, 0.2) is 0 Å². The van der Waals surface area contributed by atoms with Crippen molar-refractivity contribution >= 4 is 17.5 Å². The summed E-state index contributed by atoms with van der Waals surface area (Å²) in [6.07, 6.45) is 0.727. The normalized spacial score (nSPS) is 10.2. The molecule has 16 heavy (non-hydrogen) atoms. The number of aromatic nitrogens is 1. The van der Waals surface area contributed by atoms with Gasteiger partial charge in [0, 0.05) is 24.8 Å². The van der Waals surface area contributed by atoms with Gasteiger partial charge in [-0.05, 0) is 18.6 Å². The molecule has 0 bridgehead atoms. The second-order valence-electron chi connectivity index (χ2n) is 3.47. The lowest BCUT2D eigenvalue weighted by Crippen LogP contribution is -2.29. The monoisotopic (exact) mass is 242 g/mol. The Morgan fingerprint density at radius 2 is 2.25 bits per heavy atom. The molecule has 0 aliphatic rings. The van der Waals surface area contributed by atoms with E-state index in [1.54, 1.807) is 13.1 Å². The summed E-state index contributed by atoms with van der Waals surface area (Å²) >= 11 is 5.82. The maximum atomic E-state index is 11.9. The Bertz CT molecular complexity index is 382. The molecule has 1 aromatic rings. The van der Waals surface area contributed by atoms with Crippen LogP contribution in [0, 0.1) is 0 Å². The number of likely N-dealkylation sites (N-methyl/N-ethyl adjacent to an activating group) is 1. The Morgan fingerprint density at radius 1 is 1.56 bits per heavy atom. The molecule has 0 saturated heterocycles. The van der Waals surface area contributed by atoms with E-state index in [1.807, 2.05) is 6.92 Å². The number of nitrogens with zero attached hydrogens (tertiary/aromatic N) is 2. The summed E-state index contributed by atoms with van der Waals surface area (Å²) in [4.78, 5) is 17.4. The smallest absolute Gasteiger partial charge is 0.253 e. The molecule has 1 amide bonds. The van der Waals surface area contributed by atoms with Gasteiger partial charge in [0.2, 0.25) is 0 Å². The van der Waals surface area contributed by atoms with Crippen LogP contribution in [0.15, 0.2) is 12.1 Å². The van der Waals surface area contributed by atoms with Crippen molar-refractivity contribution in [2.75, 3.05) is 20.2 Å². The van der Waals surface area contributed by atoms with Gasteiger partial charge in [0.1, 0.15) is 5.15 Å². The molecule has 0 radical (unpaired) electrons. The molecular weight excluding hydrogens is 228 g/mol. The van der Waals surface area contributed by atoms with E-state index in [-0.39, 0.29) is 12.5 Å². The van der Waals surface area contributed by atoms with Gasteiger partial charge in [-0.25, -0.2) is 4.98 Å². The lowest BCUT2D eigenvalue weighted by Gasteiger charge is -2.16. The molecule has 0 aliphatic heterocycles. The van der Waals surface area contributed by atoms with Crippen LogP contribution in [-0.4, -0.2) is 41.1 Å². The van der Waals surface area contributed by atoms with Crippen LogP contribution < -0.4 is 0 Å². The third-order valence-electron chi connectivity index (χ3n) is 2.24. The number of aliphatic hydroxyl groups excluding tert-OH is 1. The third kappa shape index (κ3) is 3.18. The second-order valence-corrected chi connectivity index (χ2v) is 3.86. The second kappa shape index (κ2) is 5.82. The lowest BCUT2D eigenvalue weighted by atomic mass is 10.2. The van der Waals surface area contributed by atoms with Gasteiger partial charge in [-0.2, -0.15) is 0 Å². The fourth-order valence-corrected chi connectivity index (χ4v) is 1.55. The Morgan fingerprint density at radius 3 is 2.81 bits per heavy atom. The fraction of sp³-hybridized carbons (Fsp3) is 0.455. The average Bonchev–Trinajstić information content (AvgIpc) is 2.27. The molecule has 0 saturated carbocycles. The Labute approximate surface area is 99.9 Å². The van der Waals surface area contributed by atoms with Gasteiger partial charge in [0.05, 0.1) is 6.61 Å². The largest absolute Gasteiger partial charge is 0.395 e. The van der Waals surface area contributed by atoms with Gasteiger partial charge in [-0.3, -0.25) is 4.79 Å². The van der Waals surface area contributed by atoms with Gasteiger partial charge < -0.3 is 10.0 Å². The van der Waals surface area contributed by atoms with Crippen molar-refractivity contribution in [3.05, 3.63) is 28.5 Å². The first-order valence-electron chi connectivity index (χ1n) is 5.11. The maximum absolute atomic E-state index is 11.9. The van der Waals surface area contributed by atoms with Crippen molar-refractivity contribution in [2.45, 2.75) is 13.3 Å². The highest BCUT2D eigenvalue weighted by atomic mass is 35.5. The number of pyridine rings is 1. The molecule has 0 aromatic carbocycles. The number of carbonyl (C=O) groups is 1. The molecule has 88 valence electrons. The van der Waals surface area contributed by atoms with E-state index in [0.29, 0.717) is 17.3 Å². The molecule has 5 heteroatoms. The van der Waals surface area contributed by atoms with Crippen LogP contribution in [0.1, 0.15) is 23.0 Å². The van der Waals surface area contributed by atoms with Crippen LogP contribution in [0.4, 0.5) is 0 Å². The van der Waals surface area contributed by atoms with E-state index >= 15 is 0 Å². The topological polar surface area (TPSA) is 53.4 Å². The van der Waals surface area contributed by atoms with Gasteiger partial charge >= 0.3 is 0 Å². The summed E-state index contributed by atoms with van der Waals surface area (Å²) < 4.78 is 0. The van der Waals surface area contributed by atoms with E-state index < -0.39 is 0 Å². The van der Waals surface area contributed by atoms with Crippen molar-refractivity contribution in [3.8, 4) is 0 Å². The van der Waals surface area contributed by atoms with Crippen molar-refractivity contribution in [1.29, 1.82) is 0 Å². The fourth-order valence-electron chi connectivity index (χ4n) is 1.33. The van der Waals surface area contributed by atoms with E-state index in [9.17, 15) is 4.79 Å². The van der Waals surface area contributed by atoms with Gasteiger partial charge in [-0.1, -0.05) is 18.5 Å². The van der Waals surface area contributed by atoms with Crippen molar-refractivity contribution in [3.63, 3.8) is 0 Å². The van der Waals surface area contributed by atoms with Crippen LogP contribution >= 0.6 is 11.6 Å². The number of rotatable bonds is 4. The summed E-state index contributed by atoms with van der Waals surface area (Å²) in [7, 11) is 1.64. The minimum Gasteiger partial charge on any atom is -0.395 e. The van der Waals surface area contributed by atoms with E-state index in [0.717, 1.165) is 12.1 Å². The van der Waals surface area contributed by atoms with Crippen LogP contribution in [0.3, 0.4) is 0 Å². The number of aliphatic hydroxyl groups is 1. The summed E-state index contributed by atoms with van der Waals surface area (Å²) in [6.45, 7) is 2.20. The predicted octanol–water partition coefficient (Wildman–Crippen LogP) is 1.36. The summed E-state index contributed by atoms with van der Waals surface area (Å²) in [5.74, 6) is -0.159. The molecule has 1 heterocycles. The number of halogens is 1. The quantitative estimate of drug-likeness (QED) is 0.812. The Balaban J connectivity index is 2.94. The molecule has 1 N–H and O–H groups in total. The van der Waals surface area contributed by atoms with E-state index in [2.05, 4.69) is 4.98 Å². The molecule has 4 nitrogen and oxygen atoms in total. The summed E-state index contributed by atoms with van der Waals surface area (Å²) in [6, 6.07) is 3.26. The van der Waals surface area contributed by atoms with E-state index in [1.165, 1.54) is 11.0 Å². The molecule has 1 aromatic heterocycles. The molecular formula is C11H15ClN2O2. The highest BCUT2D eigenvalue weighted by Crippen LogP contribution is 2.13. The molecule has 0 fully saturated rings. The average molecular weight is 243 g/mol. The van der Waals surface area contributed by atoms with Gasteiger partial charge in [0.25, 0.3) is 5.91 Å². The Hall–Kier alpha value is -1.13. The van der Waals surface area contributed by atoms with Gasteiger partial charge in [-0.15, -0.1) is 0 Å². The number of hydrogen-bond donors (Lipinski definition) is 1. The van der Waals surface area contributed by atoms with Crippen LogP contribution in [0.5, 0.6) is 0 Å². The Kier molecular flexibility index (Phi) is 4.71. The number of aryl methyl sites for hydroxylation is 1. The summed E-state index contributed by atoms with van der Waals surface area (Å²) in [5.41, 5.74) is 1.29. The number of amides is 1. The molecule has 0 aliphatic carbocycles. The standard InChI is InChI=1S/C11H15ClN2O2/c1-3-9-6-8(7-10(12)13-9)11(16)14(2)4-5-15/h6-7,15H,3-5H2,1-2H3. The van der Waals surface area contributed by atoms with E-state index in [4.69, 9.17) is 16.7 Å². The van der Waals surface area contributed by atoms with Crippen molar-refractivity contribution < 1.29 is 9.90 Å². The number of carbonyl (C=O) groups excluding carboxylic acids is 1. The maximum Gasteiger partial charge on any atom is 0.253 e. The van der Waals surface area contributed by atoms with Crippen molar-refractivity contribution in [1.82, 2.24) is 9.88 Å². The molecule has 0 atom stereocenters. The highest BCUT2D eigenvalue weighted by Gasteiger charge is 2.12. The minimum absolute atomic E-state index is 0.0539. The lowest BCUT2D eigenvalue weighted by molar-refractivity contribution is 0.0766. The molecule has 0 unspecified atom stereocenters. The summed E-state index contributed by atoms with van der Waals surface area (Å²) in [5, 5.41) is 9.08. The minimum atomic E-state index is -0.159. The SMILES string of the molecule is CCc1cc(C(=O)N(C)CCO)cc(Cl)n1. The van der Waals surface area contributed by atoms with Crippen molar-refractivity contribution in [2.24, 2.45) is 0 Å². The highest BCUT2D eigenvalue weighted by molar-refractivity contribution is 6.29.